The molecule has 0 atom stereocenters. The Balaban J connectivity index is 0.784. The molecule has 0 spiro atoms. The monoisotopic (exact) mass is 1320 g/mol. The van der Waals surface area contributed by atoms with E-state index in [0.29, 0.717) is 5.82 Å². The van der Waals surface area contributed by atoms with Gasteiger partial charge in [0.15, 0.2) is 5.82 Å². The Bertz CT molecular complexity index is 6840. The molecule has 16 aromatic carbocycles. The zero-order valence-corrected chi connectivity index (χ0v) is 56.3. The van der Waals surface area contributed by atoms with E-state index in [1.807, 2.05) is 0 Å². The van der Waals surface area contributed by atoms with Gasteiger partial charge in [0.25, 0.3) is 0 Å². The minimum atomic E-state index is 0.634. The number of para-hydroxylation sites is 6. The van der Waals surface area contributed by atoms with Crippen molar-refractivity contribution in [1.82, 2.24) is 28.2 Å². The van der Waals surface area contributed by atoms with Gasteiger partial charge in [0.1, 0.15) is 0 Å². The summed E-state index contributed by atoms with van der Waals surface area (Å²) in [6.07, 6.45) is 0. The third-order valence-corrected chi connectivity index (χ3v) is 21.9. The number of rotatable bonds is 10. The van der Waals surface area contributed by atoms with Crippen LogP contribution in [0.2, 0.25) is 0 Å². The molecule has 0 radical (unpaired) electrons. The Morgan fingerprint density at radius 2 is 0.529 bits per heavy atom. The molecule has 21 aromatic rings. The maximum atomic E-state index is 6.05. The van der Waals surface area contributed by atoms with Crippen LogP contribution in [-0.2, 0) is 0 Å². The molecule has 104 heavy (non-hydrogen) atoms. The smallest absolute Gasteiger partial charge is 0.160 e. The third kappa shape index (κ3) is 8.82. The first-order valence-corrected chi connectivity index (χ1v) is 35.7. The molecule has 0 amide bonds. The lowest BCUT2D eigenvalue weighted by Crippen LogP contribution is -2.03. The van der Waals surface area contributed by atoms with Gasteiger partial charge in [0.2, 0.25) is 0 Å². The van der Waals surface area contributed by atoms with Crippen molar-refractivity contribution >= 4 is 98.0 Å². The van der Waals surface area contributed by atoms with E-state index in [0.717, 1.165) is 139 Å². The first-order chi connectivity index (χ1) is 51.6. The molecule has 0 unspecified atom stereocenters. The molecular weight excluding hydrogens is 1260 g/mol. The molecule has 5 aromatic heterocycles. The second-order valence-corrected chi connectivity index (χ2v) is 27.6. The SMILES string of the molecule is c1ccc(-c2ccc(-c3ccccc3)c(-c3nc(-c4cc(-n5c6ccccc6c6cc(-c7ccc8c(c7)c7ccccc7n8-c7ccccc7)ccc65)cc(-n5c6ccccc6c6cc(-c7ccc8c(c7)c7ccccc7n8-c7ccccc7)ccc65)c4)nc4c3-c3cccc5cccc-4c35)c2)cc1. The van der Waals surface area contributed by atoms with Crippen molar-refractivity contribution in [2.24, 2.45) is 0 Å². The highest BCUT2D eigenvalue weighted by atomic mass is 15.0. The fraction of sp³-hybridized carbons (Fsp3) is 0. The lowest BCUT2D eigenvalue weighted by Gasteiger charge is -2.18. The summed E-state index contributed by atoms with van der Waals surface area (Å²) in [5.41, 5.74) is 29.5. The first kappa shape index (κ1) is 57.9. The van der Waals surface area contributed by atoms with Crippen molar-refractivity contribution in [2.45, 2.75) is 0 Å². The molecule has 482 valence electrons. The number of hydrogen-bond donors (Lipinski definition) is 0. The molecular formula is C98H60N6. The van der Waals surface area contributed by atoms with Crippen LogP contribution >= 0.6 is 0 Å². The van der Waals surface area contributed by atoms with Gasteiger partial charge in [-0.15, -0.1) is 0 Å². The second-order valence-electron chi connectivity index (χ2n) is 27.6. The van der Waals surface area contributed by atoms with Crippen LogP contribution in [0.25, 0.3) is 210 Å². The van der Waals surface area contributed by atoms with Gasteiger partial charge in [-0.3, -0.25) is 0 Å². The first-order valence-electron chi connectivity index (χ1n) is 35.7. The summed E-state index contributed by atoms with van der Waals surface area (Å²) in [6.45, 7) is 0. The van der Waals surface area contributed by atoms with Crippen molar-refractivity contribution in [2.75, 3.05) is 0 Å². The highest BCUT2D eigenvalue weighted by Crippen LogP contribution is 2.53. The average Bonchev–Trinajstić information content (AvgIpc) is 1.56. The fourth-order valence-electron chi connectivity index (χ4n) is 17.3. The van der Waals surface area contributed by atoms with Crippen LogP contribution in [0.4, 0.5) is 0 Å². The minimum absolute atomic E-state index is 0.634. The van der Waals surface area contributed by atoms with E-state index in [1.54, 1.807) is 0 Å². The molecule has 0 N–H and O–H groups in total. The maximum Gasteiger partial charge on any atom is 0.160 e. The second kappa shape index (κ2) is 22.8. The molecule has 22 rings (SSSR count). The molecule has 0 saturated heterocycles. The highest BCUT2D eigenvalue weighted by Gasteiger charge is 2.31. The summed E-state index contributed by atoms with van der Waals surface area (Å²) < 4.78 is 9.71. The van der Waals surface area contributed by atoms with Gasteiger partial charge in [-0.2, -0.15) is 0 Å². The van der Waals surface area contributed by atoms with Gasteiger partial charge in [-0.05, 0) is 182 Å². The molecule has 6 nitrogen and oxygen atoms in total. The maximum absolute atomic E-state index is 6.05. The average molecular weight is 1320 g/mol. The summed E-state index contributed by atoms with van der Waals surface area (Å²) in [4.78, 5) is 11.9. The largest absolute Gasteiger partial charge is 0.309 e. The number of fused-ring (bicyclic) bond motifs is 15. The zero-order valence-electron chi connectivity index (χ0n) is 56.3. The van der Waals surface area contributed by atoms with Crippen LogP contribution in [0.5, 0.6) is 0 Å². The van der Waals surface area contributed by atoms with Gasteiger partial charge in [0, 0.05) is 88.1 Å². The van der Waals surface area contributed by atoms with Crippen LogP contribution in [0.15, 0.2) is 364 Å². The van der Waals surface area contributed by atoms with Gasteiger partial charge in [-0.1, -0.05) is 243 Å². The van der Waals surface area contributed by atoms with E-state index >= 15 is 0 Å². The summed E-state index contributed by atoms with van der Waals surface area (Å²) in [5.74, 6) is 0.634. The van der Waals surface area contributed by atoms with Crippen LogP contribution in [-0.4, -0.2) is 28.2 Å². The van der Waals surface area contributed by atoms with E-state index in [9.17, 15) is 0 Å². The van der Waals surface area contributed by atoms with Crippen molar-refractivity contribution in [1.29, 1.82) is 0 Å². The summed E-state index contributed by atoms with van der Waals surface area (Å²) in [6, 6.07) is 134. The Hall–Kier alpha value is -13.9. The van der Waals surface area contributed by atoms with E-state index in [1.165, 1.54) is 65.2 Å². The standard InChI is InChI=1S/C98H60N6/c1-5-23-61(24-6-1)64-43-48-74(62-25-7-2-8-26-62)85(59-64)97-95-79-37-21-27-63-28-22-38-80(94(63)79)96(95)99-98(100-97)69-53-72(103-88-41-19-15-35-77(88)83-57-67(46-51-92(83)103)65-44-49-90-81(55-65)75-33-13-17-39-86(75)101(90)70-29-9-3-10-30-70)60-73(54-69)104-89-42-20-16-36-78(89)84-58-68(47-52-93(84)104)66-45-50-91-82(56-66)76-34-14-18-40-87(76)102(91)71-31-11-4-12-32-71/h1-60H. The lowest BCUT2D eigenvalue weighted by molar-refractivity contribution is 1.12. The lowest BCUT2D eigenvalue weighted by atomic mass is 9.90. The topological polar surface area (TPSA) is 45.5 Å². The number of benzene rings is 16. The molecule has 1 aliphatic rings. The number of aromatic nitrogens is 6. The Kier molecular flexibility index (Phi) is 12.7. The van der Waals surface area contributed by atoms with Crippen molar-refractivity contribution < 1.29 is 0 Å². The quantitative estimate of drug-likeness (QED) is 0.137. The normalized spacial score (nSPS) is 12.0. The van der Waals surface area contributed by atoms with E-state index in [2.05, 4.69) is 382 Å². The Morgan fingerprint density at radius 3 is 0.971 bits per heavy atom. The molecule has 0 fully saturated rings. The van der Waals surface area contributed by atoms with Gasteiger partial charge >= 0.3 is 0 Å². The summed E-state index contributed by atoms with van der Waals surface area (Å²) >= 11 is 0. The van der Waals surface area contributed by atoms with E-state index in [-0.39, 0.29) is 0 Å². The van der Waals surface area contributed by atoms with Crippen LogP contribution in [0, 0.1) is 0 Å². The van der Waals surface area contributed by atoms with Crippen molar-refractivity contribution in [3.8, 4) is 112 Å². The van der Waals surface area contributed by atoms with Crippen LogP contribution < -0.4 is 0 Å². The van der Waals surface area contributed by atoms with E-state index in [4.69, 9.17) is 9.97 Å². The fourth-order valence-corrected chi connectivity index (χ4v) is 17.3. The summed E-state index contributed by atoms with van der Waals surface area (Å²) in [7, 11) is 0. The van der Waals surface area contributed by atoms with Gasteiger partial charge < -0.3 is 18.3 Å². The molecule has 0 saturated carbocycles. The number of hydrogen-bond acceptors (Lipinski definition) is 2. The zero-order chi connectivity index (χ0) is 68.1. The molecule has 0 aliphatic heterocycles. The van der Waals surface area contributed by atoms with Crippen molar-refractivity contribution in [3.63, 3.8) is 0 Å². The molecule has 6 heteroatoms. The number of nitrogens with zero attached hydrogens (tertiary/aromatic N) is 6. The predicted molar refractivity (Wildman–Crippen MR) is 434 cm³/mol. The minimum Gasteiger partial charge on any atom is -0.309 e. The van der Waals surface area contributed by atoms with Gasteiger partial charge in [0.05, 0.1) is 55.5 Å². The summed E-state index contributed by atoms with van der Waals surface area (Å²) in [5, 5.41) is 11.9. The predicted octanol–water partition coefficient (Wildman–Crippen LogP) is 25.7. The van der Waals surface area contributed by atoms with Crippen LogP contribution in [0.1, 0.15) is 0 Å². The van der Waals surface area contributed by atoms with E-state index < -0.39 is 0 Å². The molecule has 5 heterocycles. The Morgan fingerprint density at radius 1 is 0.183 bits per heavy atom. The van der Waals surface area contributed by atoms with Gasteiger partial charge in [-0.25, -0.2) is 9.97 Å². The molecule has 0 bridgehead atoms. The van der Waals surface area contributed by atoms with Crippen LogP contribution in [0.3, 0.4) is 0 Å². The highest BCUT2D eigenvalue weighted by molar-refractivity contribution is 6.19. The van der Waals surface area contributed by atoms with Crippen molar-refractivity contribution in [3.05, 3.63) is 364 Å². The third-order valence-electron chi connectivity index (χ3n) is 21.9. The molecule has 1 aliphatic carbocycles. The Labute approximate surface area is 598 Å².